The third-order valence-corrected chi connectivity index (χ3v) is 2.84. The van der Waals surface area contributed by atoms with Crippen molar-refractivity contribution in [3.8, 4) is 11.5 Å². The molecule has 0 aliphatic heterocycles. The fourth-order valence-corrected chi connectivity index (χ4v) is 1.90. The number of methoxy groups -OCH3 is 2. The Morgan fingerprint density at radius 3 is 2.21 bits per heavy atom. The summed E-state index contributed by atoms with van der Waals surface area (Å²) >= 11 is 2.20. The van der Waals surface area contributed by atoms with Gasteiger partial charge in [0.25, 0.3) is 0 Å². The highest BCUT2D eigenvalue weighted by molar-refractivity contribution is 14.1. The topological polar surface area (TPSA) is 44.5 Å². The summed E-state index contributed by atoms with van der Waals surface area (Å²) in [5.41, 5.74) is 6.79. The summed E-state index contributed by atoms with van der Waals surface area (Å²) < 4.78 is 11.5. The van der Waals surface area contributed by atoms with Gasteiger partial charge < -0.3 is 15.2 Å². The largest absolute Gasteiger partial charge is 0.496 e. The van der Waals surface area contributed by atoms with Gasteiger partial charge in [-0.05, 0) is 41.6 Å². The molecule has 0 unspecified atom stereocenters. The lowest BCUT2D eigenvalue weighted by Gasteiger charge is -2.14. The predicted molar refractivity (Wildman–Crippen MR) is 64.9 cm³/mol. The first-order valence-corrected chi connectivity index (χ1v) is 5.35. The molecule has 1 aromatic carbocycles. The van der Waals surface area contributed by atoms with Gasteiger partial charge in [0, 0.05) is 11.6 Å². The molecular weight excluding hydrogens is 293 g/mol. The third kappa shape index (κ3) is 2.30. The van der Waals surface area contributed by atoms with E-state index in [0.29, 0.717) is 0 Å². The zero-order valence-corrected chi connectivity index (χ0v) is 10.7. The van der Waals surface area contributed by atoms with Gasteiger partial charge in [0.1, 0.15) is 11.5 Å². The van der Waals surface area contributed by atoms with Crippen molar-refractivity contribution in [1.82, 2.24) is 0 Å². The molecule has 14 heavy (non-hydrogen) atoms. The van der Waals surface area contributed by atoms with Crippen LogP contribution in [0.5, 0.6) is 11.5 Å². The number of halogens is 1. The molecular formula is C10H14INO2. The SMILES string of the molecule is COc1cc([C@@H](C)N)c(OC)cc1I. The molecule has 1 rings (SSSR count). The van der Waals surface area contributed by atoms with Gasteiger partial charge in [-0.15, -0.1) is 0 Å². The smallest absolute Gasteiger partial charge is 0.132 e. The zero-order chi connectivity index (χ0) is 10.7. The van der Waals surface area contributed by atoms with Gasteiger partial charge in [-0.3, -0.25) is 0 Å². The van der Waals surface area contributed by atoms with E-state index in [1.165, 1.54) is 0 Å². The van der Waals surface area contributed by atoms with Crippen molar-refractivity contribution in [2.75, 3.05) is 14.2 Å². The molecule has 78 valence electrons. The molecule has 0 heterocycles. The van der Waals surface area contributed by atoms with Gasteiger partial charge in [-0.25, -0.2) is 0 Å². The molecule has 0 radical (unpaired) electrons. The second-order valence-corrected chi connectivity index (χ2v) is 4.18. The number of rotatable bonds is 3. The van der Waals surface area contributed by atoms with Crippen molar-refractivity contribution in [2.45, 2.75) is 13.0 Å². The Morgan fingerprint density at radius 2 is 1.79 bits per heavy atom. The van der Waals surface area contributed by atoms with Crippen LogP contribution in [0.1, 0.15) is 18.5 Å². The van der Waals surface area contributed by atoms with E-state index in [2.05, 4.69) is 22.6 Å². The first-order chi connectivity index (χ1) is 6.60. The van der Waals surface area contributed by atoms with Crippen LogP contribution in [0.25, 0.3) is 0 Å². The van der Waals surface area contributed by atoms with E-state index in [0.717, 1.165) is 20.6 Å². The molecule has 0 aliphatic rings. The van der Waals surface area contributed by atoms with E-state index < -0.39 is 0 Å². The van der Waals surface area contributed by atoms with Gasteiger partial charge >= 0.3 is 0 Å². The zero-order valence-electron chi connectivity index (χ0n) is 8.50. The average Bonchev–Trinajstić information content (AvgIpc) is 2.16. The summed E-state index contributed by atoms with van der Waals surface area (Å²) in [7, 11) is 3.29. The maximum atomic E-state index is 5.83. The van der Waals surface area contributed by atoms with E-state index in [1.54, 1.807) is 14.2 Å². The molecule has 0 aliphatic carbocycles. The van der Waals surface area contributed by atoms with Gasteiger partial charge in [-0.1, -0.05) is 0 Å². The highest BCUT2D eigenvalue weighted by Gasteiger charge is 2.12. The summed E-state index contributed by atoms with van der Waals surface area (Å²) in [5.74, 6) is 1.64. The van der Waals surface area contributed by atoms with Crippen molar-refractivity contribution in [1.29, 1.82) is 0 Å². The standard InChI is InChI=1S/C10H14INO2/c1-6(12)7-4-10(14-3)8(11)5-9(7)13-2/h4-6H,12H2,1-3H3/t6-/m1/s1. The molecule has 1 atom stereocenters. The Morgan fingerprint density at radius 1 is 1.21 bits per heavy atom. The lowest BCUT2D eigenvalue weighted by Crippen LogP contribution is -2.07. The Bertz CT molecular complexity index is 326. The van der Waals surface area contributed by atoms with Crippen LogP contribution in [0.2, 0.25) is 0 Å². The summed E-state index contributed by atoms with van der Waals surface area (Å²) in [6.07, 6.45) is 0. The molecule has 0 fully saturated rings. The maximum absolute atomic E-state index is 5.83. The summed E-state index contributed by atoms with van der Waals surface area (Å²) in [5, 5.41) is 0. The van der Waals surface area contributed by atoms with Gasteiger partial charge in [0.15, 0.2) is 0 Å². The van der Waals surface area contributed by atoms with Crippen LogP contribution in [0.15, 0.2) is 12.1 Å². The van der Waals surface area contributed by atoms with Crippen molar-refractivity contribution in [3.05, 3.63) is 21.3 Å². The lowest BCUT2D eigenvalue weighted by molar-refractivity contribution is 0.394. The minimum atomic E-state index is -0.0594. The minimum absolute atomic E-state index is 0.0594. The van der Waals surface area contributed by atoms with Crippen LogP contribution in [0.3, 0.4) is 0 Å². The molecule has 0 bridgehead atoms. The molecule has 0 saturated carbocycles. The molecule has 0 aromatic heterocycles. The third-order valence-electron chi connectivity index (χ3n) is 1.99. The predicted octanol–water partition coefficient (Wildman–Crippen LogP) is 2.33. The van der Waals surface area contributed by atoms with Crippen molar-refractivity contribution < 1.29 is 9.47 Å². The van der Waals surface area contributed by atoms with E-state index in [-0.39, 0.29) is 6.04 Å². The van der Waals surface area contributed by atoms with Crippen LogP contribution in [0.4, 0.5) is 0 Å². The highest BCUT2D eigenvalue weighted by atomic mass is 127. The Kier molecular flexibility index (Phi) is 4.00. The lowest BCUT2D eigenvalue weighted by atomic mass is 10.1. The van der Waals surface area contributed by atoms with Crippen LogP contribution in [0, 0.1) is 3.57 Å². The summed E-state index contributed by atoms with van der Waals surface area (Å²) in [4.78, 5) is 0. The monoisotopic (exact) mass is 307 g/mol. The molecule has 0 saturated heterocycles. The molecule has 0 spiro atoms. The summed E-state index contributed by atoms with van der Waals surface area (Å²) in [6.45, 7) is 1.92. The van der Waals surface area contributed by atoms with Crippen LogP contribution >= 0.6 is 22.6 Å². The first kappa shape index (κ1) is 11.6. The number of benzene rings is 1. The molecule has 2 N–H and O–H groups in total. The van der Waals surface area contributed by atoms with Gasteiger partial charge in [-0.2, -0.15) is 0 Å². The van der Waals surface area contributed by atoms with E-state index >= 15 is 0 Å². The molecule has 3 nitrogen and oxygen atoms in total. The van der Waals surface area contributed by atoms with E-state index in [1.807, 2.05) is 19.1 Å². The number of hydrogen-bond acceptors (Lipinski definition) is 3. The van der Waals surface area contributed by atoms with Crippen molar-refractivity contribution >= 4 is 22.6 Å². The Hall–Kier alpha value is -0.490. The average molecular weight is 307 g/mol. The van der Waals surface area contributed by atoms with Crippen LogP contribution in [-0.2, 0) is 0 Å². The summed E-state index contributed by atoms with van der Waals surface area (Å²) in [6, 6.07) is 3.79. The first-order valence-electron chi connectivity index (χ1n) is 4.27. The highest BCUT2D eigenvalue weighted by Crippen LogP contribution is 2.32. The van der Waals surface area contributed by atoms with Crippen LogP contribution in [-0.4, -0.2) is 14.2 Å². The van der Waals surface area contributed by atoms with E-state index in [9.17, 15) is 0 Å². The molecule has 4 heteroatoms. The molecule has 1 aromatic rings. The van der Waals surface area contributed by atoms with Crippen molar-refractivity contribution in [2.24, 2.45) is 5.73 Å². The van der Waals surface area contributed by atoms with Crippen molar-refractivity contribution in [3.63, 3.8) is 0 Å². The fraction of sp³-hybridized carbons (Fsp3) is 0.400. The Balaban J connectivity index is 3.25. The van der Waals surface area contributed by atoms with E-state index in [4.69, 9.17) is 15.2 Å². The molecule has 0 amide bonds. The normalized spacial score (nSPS) is 12.4. The number of nitrogens with two attached hydrogens (primary N) is 1. The second-order valence-electron chi connectivity index (χ2n) is 3.02. The number of hydrogen-bond donors (Lipinski definition) is 1. The Labute approximate surface area is 97.7 Å². The van der Waals surface area contributed by atoms with Crippen LogP contribution < -0.4 is 15.2 Å². The fourth-order valence-electron chi connectivity index (χ4n) is 1.24. The van der Waals surface area contributed by atoms with Gasteiger partial charge in [0.05, 0.1) is 17.8 Å². The number of ether oxygens (including phenoxy) is 2. The minimum Gasteiger partial charge on any atom is -0.496 e. The van der Waals surface area contributed by atoms with Gasteiger partial charge in [0.2, 0.25) is 0 Å². The second kappa shape index (κ2) is 4.84. The quantitative estimate of drug-likeness (QED) is 0.872. The maximum Gasteiger partial charge on any atom is 0.132 e.